The number of carbonyl (C=O) groups excluding carboxylic acids is 1. The van der Waals surface area contributed by atoms with Crippen molar-refractivity contribution in [3.8, 4) is 0 Å². The maximum absolute atomic E-state index is 12.4. The van der Waals surface area contributed by atoms with Gasteiger partial charge in [-0.05, 0) is 23.8 Å². The molecule has 0 radical (unpaired) electrons. The van der Waals surface area contributed by atoms with Crippen molar-refractivity contribution in [1.29, 1.82) is 0 Å². The molecule has 25 heavy (non-hydrogen) atoms. The predicted molar refractivity (Wildman–Crippen MR) is 107 cm³/mol. The summed E-state index contributed by atoms with van der Waals surface area (Å²) in [4.78, 5) is 16.7. The van der Waals surface area contributed by atoms with Crippen LogP contribution < -0.4 is 4.90 Å². The SMILES string of the molecule is O=C(CCSCc1ccccc1)N1CCN(c2cccc(Cl)c2)CC1. The smallest absolute Gasteiger partial charge is 0.223 e. The Kier molecular flexibility index (Phi) is 6.65. The molecule has 0 atom stereocenters. The average molecular weight is 375 g/mol. The first-order valence-corrected chi connectivity index (χ1v) is 10.2. The van der Waals surface area contributed by atoms with Gasteiger partial charge < -0.3 is 9.80 Å². The number of anilines is 1. The van der Waals surface area contributed by atoms with E-state index in [2.05, 4.69) is 35.2 Å². The Bertz CT molecular complexity index is 687. The van der Waals surface area contributed by atoms with E-state index in [1.165, 1.54) is 5.56 Å². The van der Waals surface area contributed by atoms with Gasteiger partial charge in [-0.3, -0.25) is 4.79 Å². The van der Waals surface area contributed by atoms with Crippen LogP contribution in [0.25, 0.3) is 0 Å². The van der Waals surface area contributed by atoms with Crippen molar-refractivity contribution in [1.82, 2.24) is 4.90 Å². The summed E-state index contributed by atoms with van der Waals surface area (Å²) in [6.45, 7) is 3.30. The molecule has 0 saturated carbocycles. The zero-order chi connectivity index (χ0) is 17.5. The van der Waals surface area contributed by atoms with E-state index in [9.17, 15) is 4.79 Å². The molecule has 0 aromatic heterocycles. The predicted octanol–water partition coefficient (Wildman–Crippen LogP) is 4.31. The zero-order valence-electron chi connectivity index (χ0n) is 14.2. The molecule has 2 aromatic carbocycles. The first-order chi connectivity index (χ1) is 12.2. The zero-order valence-corrected chi connectivity index (χ0v) is 15.8. The van der Waals surface area contributed by atoms with Crippen LogP contribution in [0.1, 0.15) is 12.0 Å². The van der Waals surface area contributed by atoms with Gasteiger partial charge in [0.15, 0.2) is 0 Å². The third-order valence-electron chi connectivity index (χ3n) is 4.38. The van der Waals surface area contributed by atoms with Crippen molar-refractivity contribution in [2.24, 2.45) is 0 Å². The van der Waals surface area contributed by atoms with Crippen LogP contribution in [0.15, 0.2) is 54.6 Å². The Morgan fingerprint density at radius 2 is 1.76 bits per heavy atom. The quantitative estimate of drug-likeness (QED) is 0.704. The van der Waals surface area contributed by atoms with Crippen LogP contribution in [0, 0.1) is 0 Å². The molecule has 0 unspecified atom stereocenters. The second-order valence-corrected chi connectivity index (χ2v) is 7.68. The number of rotatable bonds is 6. The van der Waals surface area contributed by atoms with Gasteiger partial charge in [-0.15, -0.1) is 0 Å². The number of hydrogen-bond acceptors (Lipinski definition) is 3. The van der Waals surface area contributed by atoms with Gasteiger partial charge in [0.25, 0.3) is 0 Å². The van der Waals surface area contributed by atoms with Gasteiger partial charge in [0.2, 0.25) is 5.91 Å². The number of piperazine rings is 1. The van der Waals surface area contributed by atoms with E-state index in [0.717, 1.165) is 48.4 Å². The molecule has 1 heterocycles. The minimum atomic E-state index is 0.270. The average Bonchev–Trinajstić information content (AvgIpc) is 2.66. The second-order valence-electron chi connectivity index (χ2n) is 6.14. The second kappa shape index (κ2) is 9.16. The molecule has 1 saturated heterocycles. The maximum atomic E-state index is 12.4. The largest absolute Gasteiger partial charge is 0.368 e. The molecule has 1 aliphatic rings. The monoisotopic (exact) mass is 374 g/mol. The van der Waals surface area contributed by atoms with Gasteiger partial charge >= 0.3 is 0 Å². The molecule has 132 valence electrons. The van der Waals surface area contributed by atoms with Crippen LogP contribution in [-0.4, -0.2) is 42.7 Å². The number of carbonyl (C=O) groups is 1. The fourth-order valence-electron chi connectivity index (χ4n) is 2.97. The van der Waals surface area contributed by atoms with Crippen LogP contribution in [0.4, 0.5) is 5.69 Å². The highest BCUT2D eigenvalue weighted by Crippen LogP contribution is 2.21. The van der Waals surface area contributed by atoms with E-state index in [-0.39, 0.29) is 5.91 Å². The highest BCUT2D eigenvalue weighted by molar-refractivity contribution is 7.98. The summed E-state index contributed by atoms with van der Waals surface area (Å²) in [5.74, 6) is 2.12. The van der Waals surface area contributed by atoms with Crippen LogP contribution in [0.3, 0.4) is 0 Å². The van der Waals surface area contributed by atoms with E-state index >= 15 is 0 Å². The Morgan fingerprint density at radius 3 is 2.48 bits per heavy atom. The number of hydrogen-bond donors (Lipinski definition) is 0. The van der Waals surface area contributed by atoms with Gasteiger partial charge in [0.1, 0.15) is 0 Å². The third-order valence-corrected chi connectivity index (χ3v) is 5.64. The Morgan fingerprint density at radius 1 is 1.00 bits per heavy atom. The number of amides is 1. The van der Waals surface area contributed by atoms with E-state index in [4.69, 9.17) is 11.6 Å². The Labute approximate surface area is 159 Å². The molecule has 1 amide bonds. The van der Waals surface area contributed by atoms with E-state index in [1.54, 1.807) is 0 Å². The normalized spacial score (nSPS) is 14.6. The molecule has 0 bridgehead atoms. The minimum absolute atomic E-state index is 0.270. The maximum Gasteiger partial charge on any atom is 0.223 e. The number of benzene rings is 2. The molecule has 0 spiro atoms. The highest BCUT2D eigenvalue weighted by atomic mass is 35.5. The van der Waals surface area contributed by atoms with Crippen molar-refractivity contribution in [3.05, 3.63) is 65.2 Å². The minimum Gasteiger partial charge on any atom is -0.368 e. The lowest BCUT2D eigenvalue weighted by atomic mass is 10.2. The van der Waals surface area contributed by atoms with Gasteiger partial charge in [0, 0.05) is 54.8 Å². The van der Waals surface area contributed by atoms with E-state index in [1.807, 2.05) is 40.9 Å². The van der Waals surface area contributed by atoms with Crippen molar-refractivity contribution in [2.45, 2.75) is 12.2 Å². The topological polar surface area (TPSA) is 23.6 Å². The molecule has 5 heteroatoms. The first kappa shape index (κ1) is 18.2. The fourth-order valence-corrected chi connectivity index (χ4v) is 4.04. The third kappa shape index (κ3) is 5.41. The van der Waals surface area contributed by atoms with Gasteiger partial charge in [0.05, 0.1) is 0 Å². The number of halogens is 1. The van der Waals surface area contributed by atoms with Crippen molar-refractivity contribution in [3.63, 3.8) is 0 Å². The summed E-state index contributed by atoms with van der Waals surface area (Å²) < 4.78 is 0. The van der Waals surface area contributed by atoms with Crippen molar-refractivity contribution >= 4 is 35.0 Å². The van der Waals surface area contributed by atoms with E-state index in [0.29, 0.717) is 6.42 Å². The Balaban J connectivity index is 1.38. The van der Waals surface area contributed by atoms with E-state index < -0.39 is 0 Å². The molecule has 1 aliphatic heterocycles. The lowest BCUT2D eigenvalue weighted by Crippen LogP contribution is -2.48. The molecule has 3 rings (SSSR count). The lowest BCUT2D eigenvalue weighted by molar-refractivity contribution is -0.131. The van der Waals surface area contributed by atoms with Crippen LogP contribution in [0.2, 0.25) is 5.02 Å². The van der Waals surface area contributed by atoms with Crippen LogP contribution in [0.5, 0.6) is 0 Å². The van der Waals surface area contributed by atoms with Gasteiger partial charge in [-0.2, -0.15) is 11.8 Å². The molecule has 1 fully saturated rings. The lowest BCUT2D eigenvalue weighted by Gasteiger charge is -2.36. The number of nitrogens with zero attached hydrogens (tertiary/aromatic N) is 2. The first-order valence-electron chi connectivity index (χ1n) is 8.62. The summed E-state index contributed by atoms with van der Waals surface area (Å²) in [7, 11) is 0. The van der Waals surface area contributed by atoms with Crippen LogP contribution >= 0.6 is 23.4 Å². The van der Waals surface area contributed by atoms with Crippen LogP contribution in [-0.2, 0) is 10.5 Å². The number of thioether (sulfide) groups is 1. The van der Waals surface area contributed by atoms with Gasteiger partial charge in [-0.1, -0.05) is 48.0 Å². The van der Waals surface area contributed by atoms with Crippen molar-refractivity contribution < 1.29 is 4.79 Å². The highest BCUT2D eigenvalue weighted by Gasteiger charge is 2.21. The summed E-state index contributed by atoms with van der Waals surface area (Å²) in [6, 6.07) is 18.3. The Hall–Kier alpha value is -1.65. The summed E-state index contributed by atoms with van der Waals surface area (Å²) in [5.41, 5.74) is 2.45. The fraction of sp³-hybridized carbons (Fsp3) is 0.350. The summed E-state index contributed by atoms with van der Waals surface area (Å²) >= 11 is 7.89. The molecular formula is C20H23ClN2OS. The molecule has 0 N–H and O–H groups in total. The standard InChI is InChI=1S/C20H23ClN2OS/c21-18-7-4-8-19(15-18)22-10-12-23(13-11-22)20(24)9-14-25-16-17-5-2-1-3-6-17/h1-8,15H,9-14,16H2. The molecule has 0 aliphatic carbocycles. The summed E-state index contributed by atoms with van der Waals surface area (Å²) in [6.07, 6.45) is 0.620. The van der Waals surface area contributed by atoms with Gasteiger partial charge in [-0.25, -0.2) is 0 Å². The van der Waals surface area contributed by atoms with Crippen molar-refractivity contribution in [2.75, 3.05) is 36.8 Å². The molecular weight excluding hydrogens is 352 g/mol. The molecule has 2 aromatic rings. The molecule has 3 nitrogen and oxygen atoms in total. The summed E-state index contributed by atoms with van der Waals surface area (Å²) in [5, 5.41) is 0.756.